The van der Waals surface area contributed by atoms with E-state index >= 15 is 0 Å². The number of carbonyl (C=O) groups is 2. The maximum Gasteiger partial charge on any atom is 0.317 e. The average Bonchev–Trinajstić information content (AvgIpc) is 2.60. The van der Waals surface area contributed by atoms with Gasteiger partial charge in [-0.05, 0) is 20.3 Å². The first-order chi connectivity index (χ1) is 5.43. The molecule has 1 saturated carbocycles. The Morgan fingerprint density at radius 2 is 2.00 bits per heavy atom. The molecule has 0 heterocycles. The molecular weight excluding hydrogens is 156 g/mol. The number of carboxylic acids is 1. The van der Waals surface area contributed by atoms with E-state index < -0.39 is 11.4 Å². The summed E-state index contributed by atoms with van der Waals surface area (Å²) in [5, 5.41) is 8.83. The minimum absolute atomic E-state index is 0.146. The van der Waals surface area contributed by atoms with E-state index in [0.717, 1.165) is 5.57 Å². The fourth-order valence-corrected chi connectivity index (χ4v) is 1.63. The highest BCUT2D eigenvalue weighted by Gasteiger charge is 2.64. The molecule has 0 radical (unpaired) electrons. The van der Waals surface area contributed by atoms with Gasteiger partial charge in [0.1, 0.15) is 11.2 Å². The summed E-state index contributed by atoms with van der Waals surface area (Å²) >= 11 is 0. The average molecular weight is 168 g/mol. The molecule has 1 rings (SSSR count). The molecule has 0 bridgehead atoms. The minimum Gasteiger partial charge on any atom is -0.480 e. The van der Waals surface area contributed by atoms with Crippen LogP contribution in [0.2, 0.25) is 0 Å². The van der Waals surface area contributed by atoms with Gasteiger partial charge in [0.2, 0.25) is 0 Å². The summed E-state index contributed by atoms with van der Waals surface area (Å²) in [6.07, 6.45) is 0.424. The second-order valence-corrected chi connectivity index (χ2v) is 3.44. The van der Waals surface area contributed by atoms with Crippen LogP contribution >= 0.6 is 0 Å². The van der Waals surface area contributed by atoms with Gasteiger partial charge in [0.15, 0.2) is 0 Å². The molecule has 1 aliphatic carbocycles. The molecular formula is C9H12O3. The minimum atomic E-state index is -1.13. The third kappa shape index (κ3) is 0.967. The molecule has 2 atom stereocenters. The van der Waals surface area contributed by atoms with E-state index in [1.807, 2.05) is 0 Å². The number of Topliss-reactive ketones (excluding diaryl/α,β-unsaturated/α-hetero) is 1. The van der Waals surface area contributed by atoms with Crippen molar-refractivity contribution in [3.8, 4) is 0 Å². The standard InChI is InChI=1S/C9H12O3/c1-5(2)7-4-9(7,6(3)10)8(11)12/h7H,1,4H2,2-3H3,(H,11,12). The van der Waals surface area contributed by atoms with Crippen molar-refractivity contribution < 1.29 is 14.7 Å². The lowest BCUT2D eigenvalue weighted by molar-refractivity contribution is -0.148. The Morgan fingerprint density at radius 1 is 1.50 bits per heavy atom. The fourth-order valence-electron chi connectivity index (χ4n) is 1.63. The predicted octanol–water partition coefficient (Wildman–Crippen LogP) is 1.24. The SMILES string of the molecule is C=C(C)C1CC1(C(C)=O)C(=O)O. The smallest absolute Gasteiger partial charge is 0.317 e. The highest BCUT2D eigenvalue weighted by atomic mass is 16.4. The van der Waals surface area contributed by atoms with Gasteiger partial charge in [0, 0.05) is 5.92 Å². The molecule has 0 spiro atoms. The monoisotopic (exact) mass is 168 g/mol. The quantitative estimate of drug-likeness (QED) is 0.509. The van der Waals surface area contributed by atoms with E-state index in [1.165, 1.54) is 6.92 Å². The van der Waals surface area contributed by atoms with Gasteiger partial charge in [-0.15, -0.1) is 0 Å². The molecule has 1 aliphatic rings. The van der Waals surface area contributed by atoms with E-state index in [0.29, 0.717) is 6.42 Å². The first-order valence-electron chi connectivity index (χ1n) is 3.82. The molecule has 0 aromatic heterocycles. The summed E-state index contributed by atoms with van der Waals surface area (Å²) in [5.41, 5.74) is -0.348. The van der Waals surface area contributed by atoms with Crippen molar-refractivity contribution in [1.82, 2.24) is 0 Å². The third-order valence-electron chi connectivity index (χ3n) is 2.57. The second kappa shape index (κ2) is 2.44. The van der Waals surface area contributed by atoms with Gasteiger partial charge in [-0.1, -0.05) is 12.2 Å². The van der Waals surface area contributed by atoms with Crippen LogP contribution in [0, 0.1) is 11.3 Å². The Balaban J connectivity index is 2.90. The molecule has 3 nitrogen and oxygen atoms in total. The zero-order chi connectivity index (χ0) is 9.52. The molecule has 0 aliphatic heterocycles. The van der Waals surface area contributed by atoms with Gasteiger partial charge in [-0.3, -0.25) is 9.59 Å². The number of aliphatic carboxylic acids is 1. The fraction of sp³-hybridized carbons (Fsp3) is 0.556. The topological polar surface area (TPSA) is 54.4 Å². The van der Waals surface area contributed by atoms with Crippen molar-refractivity contribution in [3.05, 3.63) is 12.2 Å². The first kappa shape index (κ1) is 8.97. The summed E-state index contributed by atoms with van der Waals surface area (Å²) < 4.78 is 0. The maximum atomic E-state index is 11.1. The number of ketones is 1. The summed E-state index contributed by atoms with van der Waals surface area (Å²) in [5.74, 6) is -1.42. The van der Waals surface area contributed by atoms with Crippen LogP contribution in [0.5, 0.6) is 0 Å². The summed E-state index contributed by atoms with van der Waals surface area (Å²) in [4.78, 5) is 21.8. The molecule has 1 N–H and O–H groups in total. The molecule has 3 heteroatoms. The lowest BCUT2D eigenvalue weighted by atomic mass is 9.96. The molecule has 0 saturated heterocycles. The molecule has 1 fully saturated rings. The van der Waals surface area contributed by atoms with E-state index in [-0.39, 0.29) is 11.7 Å². The number of rotatable bonds is 3. The van der Waals surface area contributed by atoms with E-state index in [4.69, 9.17) is 5.11 Å². The van der Waals surface area contributed by atoms with E-state index in [9.17, 15) is 9.59 Å². The van der Waals surface area contributed by atoms with Crippen molar-refractivity contribution in [2.45, 2.75) is 20.3 Å². The van der Waals surface area contributed by atoms with Gasteiger partial charge in [0.05, 0.1) is 0 Å². The number of allylic oxidation sites excluding steroid dienone is 1. The third-order valence-corrected chi connectivity index (χ3v) is 2.57. The lowest BCUT2D eigenvalue weighted by Crippen LogP contribution is -2.25. The number of carboxylic acid groups (broad SMARTS) is 1. The molecule has 66 valence electrons. The number of carbonyl (C=O) groups excluding carboxylic acids is 1. The van der Waals surface area contributed by atoms with Gasteiger partial charge < -0.3 is 5.11 Å². The molecule has 2 unspecified atom stereocenters. The largest absolute Gasteiger partial charge is 0.480 e. The van der Waals surface area contributed by atoms with E-state index in [1.54, 1.807) is 6.92 Å². The van der Waals surface area contributed by atoms with Crippen LogP contribution < -0.4 is 0 Å². The van der Waals surface area contributed by atoms with Crippen LogP contribution in [-0.2, 0) is 9.59 Å². The highest BCUT2D eigenvalue weighted by molar-refractivity contribution is 6.06. The van der Waals surface area contributed by atoms with Gasteiger partial charge >= 0.3 is 5.97 Å². The van der Waals surface area contributed by atoms with E-state index in [2.05, 4.69) is 6.58 Å². The lowest BCUT2D eigenvalue weighted by Gasteiger charge is -2.06. The normalized spacial score (nSPS) is 32.7. The van der Waals surface area contributed by atoms with Crippen LogP contribution in [0.3, 0.4) is 0 Å². The predicted molar refractivity (Wildman–Crippen MR) is 43.7 cm³/mol. The van der Waals surface area contributed by atoms with Crippen LogP contribution in [0.4, 0.5) is 0 Å². The summed E-state index contributed by atoms with van der Waals surface area (Å²) in [6, 6.07) is 0. The zero-order valence-electron chi connectivity index (χ0n) is 7.26. The van der Waals surface area contributed by atoms with Crippen molar-refractivity contribution in [2.75, 3.05) is 0 Å². The summed E-state index contributed by atoms with van der Waals surface area (Å²) in [6.45, 7) is 6.75. The number of hydrogen-bond donors (Lipinski definition) is 1. The zero-order valence-corrected chi connectivity index (χ0v) is 7.26. The Labute approximate surface area is 71.1 Å². The van der Waals surface area contributed by atoms with Gasteiger partial charge in [-0.2, -0.15) is 0 Å². The molecule has 12 heavy (non-hydrogen) atoms. The second-order valence-electron chi connectivity index (χ2n) is 3.44. The van der Waals surface area contributed by atoms with Gasteiger partial charge in [0.25, 0.3) is 0 Å². The van der Waals surface area contributed by atoms with Crippen LogP contribution in [0.1, 0.15) is 20.3 Å². The Morgan fingerprint density at radius 3 is 2.08 bits per heavy atom. The Hall–Kier alpha value is -1.12. The summed E-state index contributed by atoms with van der Waals surface area (Å²) in [7, 11) is 0. The highest BCUT2D eigenvalue weighted by Crippen LogP contribution is 2.56. The van der Waals surface area contributed by atoms with Crippen molar-refractivity contribution in [2.24, 2.45) is 11.3 Å². The van der Waals surface area contributed by atoms with Crippen molar-refractivity contribution in [3.63, 3.8) is 0 Å². The van der Waals surface area contributed by atoms with Crippen LogP contribution in [-0.4, -0.2) is 16.9 Å². The van der Waals surface area contributed by atoms with Crippen molar-refractivity contribution in [1.29, 1.82) is 0 Å². The first-order valence-corrected chi connectivity index (χ1v) is 3.82. The molecule has 0 aromatic rings. The maximum absolute atomic E-state index is 11.1. The Kier molecular flexibility index (Phi) is 1.82. The van der Waals surface area contributed by atoms with Crippen LogP contribution in [0.25, 0.3) is 0 Å². The van der Waals surface area contributed by atoms with Crippen molar-refractivity contribution >= 4 is 11.8 Å². The van der Waals surface area contributed by atoms with Crippen LogP contribution in [0.15, 0.2) is 12.2 Å². The molecule has 0 amide bonds. The van der Waals surface area contributed by atoms with Gasteiger partial charge in [-0.25, -0.2) is 0 Å². The Bertz CT molecular complexity index is 251. The number of hydrogen-bond acceptors (Lipinski definition) is 2. The molecule has 0 aromatic carbocycles.